The van der Waals surface area contributed by atoms with Crippen LogP contribution in [0.2, 0.25) is 0 Å². The molecule has 33 heavy (non-hydrogen) atoms. The van der Waals surface area contributed by atoms with Crippen LogP contribution >= 0.6 is 15.9 Å². The summed E-state index contributed by atoms with van der Waals surface area (Å²) in [4.78, 5) is 12.6. The largest absolute Gasteiger partial charge is 0.342 e. The molecule has 0 aliphatic rings. The zero-order valence-corrected chi connectivity index (χ0v) is 19.5. The molecule has 0 aliphatic carbocycles. The molecule has 0 aliphatic heterocycles. The number of rotatable bonds is 6. The standard InChI is InChI=1S/C28H22BrN3O/c29-26-15-14-21(23-10-4-5-12-25(23)26)16-28(33)31-30-17-22-19-32(18-20-8-2-1-3-9-20)27-13-7-6-11-24(22)27/h1-15,17,19H,16,18H2,(H,31,33)/b30-17-. The van der Waals surface area contributed by atoms with E-state index in [0.29, 0.717) is 0 Å². The van der Waals surface area contributed by atoms with Crippen molar-refractivity contribution in [3.05, 3.63) is 118 Å². The normalized spacial score (nSPS) is 11.4. The molecule has 1 N–H and O–H groups in total. The minimum atomic E-state index is -0.147. The van der Waals surface area contributed by atoms with Gasteiger partial charge in [-0.15, -0.1) is 0 Å². The first-order valence-electron chi connectivity index (χ1n) is 10.8. The van der Waals surface area contributed by atoms with Gasteiger partial charge < -0.3 is 4.57 Å². The number of nitrogens with zero attached hydrogens (tertiary/aromatic N) is 2. The first kappa shape index (κ1) is 21.2. The Balaban J connectivity index is 1.33. The molecule has 5 heteroatoms. The molecule has 1 heterocycles. The quantitative estimate of drug-likeness (QED) is 0.218. The van der Waals surface area contributed by atoms with Crippen LogP contribution in [0.3, 0.4) is 0 Å². The minimum absolute atomic E-state index is 0.147. The van der Waals surface area contributed by atoms with Gasteiger partial charge in [-0.2, -0.15) is 5.10 Å². The molecule has 4 aromatic carbocycles. The van der Waals surface area contributed by atoms with Crippen LogP contribution in [0.1, 0.15) is 16.7 Å². The van der Waals surface area contributed by atoms with Crippen molar-refractivity contribution in [3.8, 4) is 0 Å². The third-order valence-electron chi connectivity index (χ3n) is 5.72. The number of hydrogen-bond donors (Lipinski definition) is 1. The Kier molecular flexibility index (Phi) is 6.05. The van der Waals surface area contributed by atoms with Gasteiger partial charge in [-0.25, -0.2) is 5.43 Å². The van der Waals surface area contributed by atoms with E-state index >= 15 is 0 Å². The molecule has 162 valence electrons. The van der Waals surface area contributed by atoms with Gasteiger partial charge in [-0.05, 0) is 34.0 Å². The van der Waals surface area contributed by atoms with E-state index in [1.54, 1.807) is 6.21 Å². The third-order valence-corrected chi connectivity index (χ3v) is 6.41. The molecule has 0 saturated carbocycles. The summed E-state index contributed by atoms with van der Waals surface area (Å²) in [7, 11) is 0. The van der Waals surface area contributed by atoms with E-state index in [0.717, 1.165) is 43.8 Å². The van der Waals surface area contributed by atoms with E-state index in [1.165, 1.54) is 5.56 Å². The van der Waals surface area contributed by atoms with E-state index in [4.69, 9.17) is 0 Å². The monoisotopic (exact) mass is 495 g/mol. The van der Waals surface area contributed by atoms with Crippen molar-refractivity contribution in [3.63, 3.8) is 0 Å². The average Bonchev–Trinajstić information content (AvgIpc) is 3.19. The zero-order valence-electron chi connectivity index (χ0n) is 17.9. The lowest BCUT2D eigenvalue weighted by Gasteiger charge is -2.07. The second-order valence-corrected chi connectivity index (χ2v) is 8.79. The lowest BCUT2D eigenvalue weighted by Crippen LogP contribution is -2.19. The summed E-state index contributed by atoms with van der Waals surface area (Å²) < 4.78 is 3.23. The molecule has 0 saturated heterocycles. The molecule has 0 spiro atoms. The van der Waals surface area contributed by atoms with E-state index in [2.05, 4.69) is 61.5 Å². The van der Waals surface area contributed by atoms with Crippen molar-refractivity contribution in [2.24, 2.45) is 5.10 Å². The summed E-state index contributed by atoms with van der Waals surface area (Å²) in [6.07, 6.45) is 4.07. The van der Waals surface area contributed by atoms with Gasteiger partial charge in [0.1, 0.15) is 0 Å². The molecule has 1 amide bonds. The van der Waals surface area contributed by atoms with Crippen molar-refractivity contribution >= 4 is 49.7 Å². The van der Waals surface area contributed by atoms with Crippen LogP contribution in [-0.4, -0.2) is 16.7 Å². The first-order chi connectivity index (χ1) is 16.2. The second kappa shape index (κ2) is 9.43. The van der Waals surface area contributed by atoms with E-state index in [-0.39, 0.29) is 12.3 Å². The highest BCUT2D eigenvalue weighted by Gasteiger charge is 2.10. The van der Waals surface area contributed by atoms with Gasteiger partial charge in [0.25, 0.3) is 0 Å². The fourth-order valence-corrected chi connectivity index (χ4v) is 4.63. The topological polar surface area (TPSA) is 46.4 Å². The molecule has 5 aromatic rings. The third kappa shape index (κ3) is 4.59. The Labute approximate surface area is 200 Å². The van der Waals surface area contributed by atoms with Gasteiger partial charge in [0.15, 0.2) is 0 Å². The summed E-state index contributed by atoms with van der Waals surface area (Å²) in [5.41, 5.74) is 7.00. The smallest absolute Gasteiger partial charge is 0.244 e. The molecular formula is C28H22BrN3O. The molecular weight excluding hydrogens is 474 g/mol. The van der Waals surface area contributed by atoms with E-state index in [1.807, 2.05) is 66.7 Å². The molecule has 1 aromatic heterocycles. The number of fused-ring (bicyclic) bond motifs is 2. The summed E-state index contributed by atoms with van der Waals surface area (Å²) in [5.74, 6) is -0.147. The number of nitrogens with one attached hydrogen (secondary N) is 1. The first-order valence-corrected chi connectivity index (χ1v) is 11.6. The van der Waals surface area contributed by atoms with Crippen LogP contribution in [-0.2, 0) is 17.8 Å². The van der Waals surface area contributed by atoms with Crippen LogP contribution in [0, 0.1) is 0 Å². The van der Waals surface area contributed by atoms with Gasteiger partial charge in [0.05, 0.1) is 12.6 Å². The fourth-order valence-electron chi connectivity index (χ4n) is 4.15. The SMILES string of the molecule is O=C(Cc1ccc(Br)c2ccccc12)N/N=C\c1cn(Cc2ccccc2)c2ccccc12. The molecule has 0 atom stereocenters. The maximum Gasteiger partial charge on any atom is 0.244 e. The van der Waals surface area contributed by atoms with Gasteiger partial charge in [0, 0.05) is 33.7 Å². The molecule has 5 rings (SSSR count). The number of benzene rings is 4. The number of halogens is 1. The maximum atomic E-state index is 12.6. The maximum absolute atomic E-state index is 12.6. The summed E-state index contributed by atoms with van der Waals surface area (Å²) in [5, 5.41) is 7.52. The number of amides is 1. The number of para-hydroxylation sites is 1. The highest BCUT2D eigenvalue weighted by Crippen LogP contribution is 2.27. The van der Waals surface area contributed by atoms with Crippen molar-refractivity contribution in [1.82, 2.24) is 9.99 Å². The number of carbonyl (C=O) groups excluding carboxylic acids is 1. The van der Waals surface area contributed by atoms with Crippen molar-refractivity contribution in [2.75, 3.05) is 0 Å². The lowest BCUT2D eigenvalue weighted by molar-refractivity contribution is -0.120. The van der Waals surface area contributed by atoms with Crippen molar-refractivity contribution < 1.29 is 4.79 Å². The van der Waals surface area contributed by atoms with E-state index in [9.17, 15) is 4.79 Å². The Bertz CT molecular complexity index is 1470. The number of hydrogen-bond acceptors (Lipinski definition) is 2. The van der Waals surface area contributed by atoms with Gasteiger partial charge >= 0.3 is 0 Å². The molecule has 0 fully saturated rings. The Morgan fingerprint density at radius 3 is 2.36 bits per heavy atom. The number of carbonyl (C=O) groups is 1. The molecule has 0 bridgehead atoms. The Morgan fingerprint density at radius 1 is 0.848 bits per heavy atom. The van der Waals surface area contributed by atoms with Gasteiger partial charge in [-0.3, -0.25) is 4.79 Å². The highest BCUT2D eigenvalue weighted by atomic mass is 79.9. The van der Waals surface area contributed by atoms with Crippen LogP contribution in [0.5, 0.6) is 0 Å². The fraction of sp³-hybridized carbons (Fsp3) is 0.0714. The molecule has 0 unspecified atom stereocenters. The Morgan fingerprint density at radius 2 is 1.55 bits per heavy atom. The minimum Gasteiger partial charge on any atom is -0.342 e. The van der Waals surface area contributed by atoms with Crippen LogP contribution in [0.25, 0.3) is 21.7 Å². The van der Waals surface area contributed by atoms with Crippen LogP contribution < -0.4 is 5.43 Å². The van der Waals surface area contributed by atoms with Crippen molar-refractivity contribution in [1.29, 1.82) is 0 Å². The van der Waals surface area contributed by atoms with Gasteiger partial charge in [0.2, 0.25) is 5.91 Å². The molecule has 4 nitrogen and oxygen atoms in total. The highest BCUT2D eigenvalue weighted by molar-refractivity contribution is 9.10. The number of aromatic nitrogens is 1. The lowest BCUT2D eigenvalue weighted by atomic mass is 10.0. The van der Waals surface area contributed by atoms with Crippen LogP contribution in [0.15, 0.2) is 107 Å². The average molecular weight is 496 g/mol. The molecule has 0 radical (unpaired) electrons. The second-order valence-electron chi connectivity index (χ2n) is 7.94. The Hall–Kier alpha value is -3.70. The summed E-state index contributed by atoms with van der Waals surface area (Å²) in [6.45, 7) is 0.776. The predicted molar refractivity (Wildman–Crippen MR) is 139 cm³/mol. The predicted octanol–water partition coefficient (Wildman–Crippen LogP) is 6.30. The summed E-state index contributed by atoms with van der Waals surface area (Å²) in [6, 6.07) is 30.6. The summed E-state index contributed by atoms with van der Waals surface area (Å²) >= 11 is 3.58. The van der Waals surface area contributed by atoms with Gasteiger partial charge in [-0.1, -0.05) is 94.8 Å². The van der Waals surface area contributed by atoms with Crippen LogP contribution in [0.4, 0.5) is 0 Å². The van der Waals surface area contributed by atoms with E-state index < -0.39 is 0 Å². The zero-order chi connectivity index (χ0) is 22.6. The van der Waals surface area contributed by atoms with Crippen molar-refractivity contribution in [2.45, 2.75) is 13.0 Å². The number of hydrazone groups is 1.